The standard InChI is InChI=1S/C10H20N2O2/c1-11-14-10-6-9-5-8(10)7-12(9)3-4-13-2/h8-11H,3-7H2,1-2H3. The first kappa shape index (κ1) is 10.4. The Morgan fingerprint density at radius 2 is 2.29 bits per heavy atom. The summed E-state index contributed by atoms with van der Waals surface area (Å²) in [6.45, 7) is 3.10. The Balaban J connectivity index is 1.78. The summed E-state index contributed by atoms with van der Waals surface area (Å²) >= 11 is 0. The molecular weight excluding hydrogens is 180 g/mol. The van der Waals surface area contributed by atoms with Crippen molar-refractivity contribution in [3.05, 3.63) is 0 Å². The van der Waals surface area contributed by atoms with Gasteiger partial charge in [-0.2, -0.15) is 0 Å². The van der Waals surface area contributed by atoms with Gasteiger partial charge in [0.1, 0.15) is 0 Å². The highest BCUT2D eigenvalue weighted by atomic mass is 16.7. The van der Waals surface area contributed by atoms with E-state index in [1.807, 2.05) is 7.05 Å². The Kier molecular flexibility index (Phi) is 3.38. The van der Waals surface area contributed by atoms with Gasteiger partial charge in [-0.1, -0.05) is 0 Å². The molecular formula is C10H20N2O2. The van der Waals surface area contributed by atoms with Crippen LogP contribution < -0.4 is 5.48 Å². The first-order valence-corrected chi connectivity index (χ1v) is 5.40. The maximum absolute atomic E-state index is 5.48. The molecule has 0 aromatic rings. The Bertz CT molecular complexity index is 189. The van der Waals surface area contributed by atoms with Crippen LogP contribution in [0, 0.1) is 5.92 Å². The molecule has 0 radical (unpaired) electrons. The second-order valence-electron chi connectivity index (χ2n) is 4.23. The third-order valence-electron chi connectivity index (χ3n) is 3.44. The lowest BCUT2D eigenvalue weighted by Crippen LogP contribution is -2.41. The monoisotopic (exact) mass is 200 g/mol. The fourth-order valence-electron chi connectivity index (χ4n) is 2.78. The second kappa shape index (κ2) is 4.57. The summed E-state index contributed by atoms with van der Waals surface area (Å²) in [7, 11) is 3.61. The zero-order valence-electron chi connectivity index (χ0n) is 9.03. The van der Waals surface area contributed by atoms with Crippen molar-refractivity contribution in [1.29, 1.82) is 0 Å². The fraction of sp³-hybridized carbons (Fsp3) is 1.00. The van der Waals surface area contributed by atoms with Crippen molar-refractivity contribution >= 4 is 0 Å². The number of ether oxygens (including phenoxy) is 1. The number of nitrogens with zero attached hydrogens (tertiary/aromatic N) is 1. The van der Waals surface area contributed by atoms with Crippen LogP contribution in [0.5, 0.6) is 0 Å². The van der Waals surface area contributed by atoms with Gasteiger partial charge in [-0.3, -0.25) is 9.74 Å². The number of hydroxylamine groups is 1. The predicted octanol–water partition coefficient (Wildman–Crippen LogP) is 0.247. The Hall–Kier alpha value is -0.160. The number of nitrogens with one attached hydrogen (secondary N) is 1. The van der Waals surface area contributed by atoms with Gasteiger partial charge in [0, 0.05) is 39.2 Å². The molecule has 3 atom stereocenters. The summed E-state index contributed by atoms with van der Waals surface area (Å²) < 4.78 is 5.10. The topological polar surface area (TPSA) is 33.7 Å². The van der Waals surface area contributed by atoms with E-state index >= 15 is 0 Å². The van der Waals surface area contributed by atoms with E-state index in [-0.39, 0.29) is 0 Å². The summed E-state index contributed by atoms with van der Waals surface area (Å²) in [5.41, 5.74) is 2.81. The van der Waals surface area contributed by atoms with Crippen LogP contribution in [0.3, 0.4) is 0 Å². The smallest absolute Gasteiger partial charge is 0.0845 e. The SMILES string of the molecule is CNOC1CC2CC1CN2CCOC. The van der Waals surface area contributed by atoms with Gasteiger partial charge < -0.3 is 4.74 Å². The maximum atomic E-state index is 5.48. The van der Waals surface area contributed by atoms with Crippen LogP contribution in [-0.2, 0) is 9.57 Å². The molecule has 1 saturated carbocycles. The first-order valence-electron chi connectivity index (χ1n) is 5.40. The molecule has 14 heavy (non-hydrogen) atoms. The minimum Gasteiger partial charge on any atom is -0.383 e. The van der Waals surface area contributed by atoms with Gasteiger partial charge in [0.25, 0.3) is 0 Å². The summed E-state index contributed by atoms with van der Waals surface area (Å²) in [6.07, 6.45) is 2.91. The summed E-state index contributed by atoms with van der Waals surface area (Å²) in [6, 6.07) is 0.730. The van der Waals surface area contributed by atoms with Crippen LogP contribution in [-0.4, -0.2) is 50.9 Å². The van der Waals surface area contributed by atoms with E-state index in [4.69, 9.17) is 9.57 Å². The first-order chi connectivity index (χ1) is 6.85. The van der Waals surface area contributed by atoms with Crippen molar-refractivity contribution in [2.45, 2.75) is 25.0 Å². The minimum absolute atomic E-state index is 0.434. The molecule has 0 aromatic carbocycles. The Morgan fingerprint density at radius 3 is 2.86 bits per heavy atom. The number of hydrogen-bond acceptors (Lipinski definition) is 4. The van der Waals surface area contributed by atoms with E-state index in [2.05, 4.69) is 10.4 Å². The van der Waals surface area contributed by atoms with Gasteiger partial charge in [0.05, 0.1) is 12.7 Å². The van der Waals surface area contributed by atoms with Crippen molar-refractivity contribution in [1.82, 2.24) is 10.4 Å². The molecule has 0 amide bonds. The number of hydrogen-bond donors (Lipinski definition) is 1. The molecule has 1 N–H and O–H groups in total. The van der Waals surface area contributed by atoms with Crippen LogP contribution in [0.1, 0.15) is 12.8 Å². The molecule has 2 fully saturated rings. The lowest BCUT2D eigenvalue weighted by atomic mass is 10.1. The molecule has 4 nitrogen and oxygen atoms in total. The van der Waals surface area contributed by atoms with E-state index in [1.165, 1.54) is 19.4 Å². The van der Waals surface area contributed by atoms with Crippen LogP contribution >= 0.6 is 0 Å². The highest BCUT2D eigenvalue weighted by Crippen LogP contribution is 2.38. The highest BCUT2D eigenvalue weighted by molar-refractivity contribution is 4.97. The summed E-state index contributed by atoms with van der Waals surface area (Å²) in [5, 5.41) is 0. The molecule has 1 aliphatic heterocycles. The normalized spacial score (nSPS) is 36.9. The molecule has 2 aliphatic rings. The summed E-state index contributed by atoms with van der Waals surface area (Å²) in [5.74, 6) is 0.726. The van der Waals surface area contributed by atoms with Gasteiger partial charge in [-0.05, 0) is 12.8 Å². The van der Waals surface area contributed by atoms with E-state index in [0.717, 1.165) is 25.1 Å². The minimum atomic E-state index is 0.434. The molecule has 1 aliphatic carbocycles. The van der Waals surface area contributed by atoms with Crippen LogP contribution in [0.2, 0.25) is 0 Å². The van der Waals surface area contributed by atoms with E-state index in [1.54, 1.807) is 7.11 Å². The zero-order chi connectivity index (χ0) is 9.97. The van der Waals surface area contributed by atoms with E-state index < -0.39 is 0 Å². The molecule has 2 bridgehead atoms. The number of rotatable bonds is 5. The van der Waals surface area contributed by atoms with Crippen molar-refractivity contribution in [2.24, 2.45) is 5.92 Å². The van der Waals surface area contributed by atoms with Crippen LogP contribution in [0.4, 0.5) is 0 Å². The Morgan fingerprint density at radius 1 is 1.43 bits per heavy atom. The third-order valence-corrected chi connectivity index (χ3v) is 3.44. The molecule has 0 spiro atoms. The van der Waals surface area contributed by atoms with Crippen molar-refractivity contribution in [3.63, 3.8) is 0 Å². The average molecular weight is 200 g/mol. The number of likely N-dealkylation sites (tertiary alicyclic amines) is 1. The lowest BCUT2D eigenvalue weighted by molar-refractivity contribution is -0.0522. The van der Waals surface area contributed by atoms with E-state index in [9.17, 15) is 0 Å². The molecule has 1 heterocycles. The molecule has 1 saturated heterocycles. The van der Waals surface area contributed by atoms with Crippen molar-refractivity contribution < 1.29 is 9.57 Å². The number of fused-ring (bicyclic) bond motifs is 2. The third kappa shape index (κ3) is 1.93. The van der Waals surface area contributed by atoms with Gasteiger partial charge in [0.2, 0.25) is 0 Å². The second-order valence-corrected chi connectivity index (χ2v) is 4.23. The van der Waals surface area contributed by atoms with E-state index in [0.29, 0.717) is 6.10 Å². The molecule has 0 aromatic heterocycles. The number of methoxy groups -OCH3 is 1. The van der Waals surface area contributed by atoms with Gasteiger partial charge in [-0.25, -0.2) is 5.48 Å². The largest absolute Gasteiger partial charge is 0.383 e. The lowest BCUT2D eigenvalue weighted by Gasteiger charge is -2.30. The average Bonchev–Trinajstić information content (AvgIpc) is 2.74. The van der Waals surface area contributed by atoms with Crippen LogP contribution in [0.15, 0.2) is 0 Å². The van der Waals surface area contributed by atoms with Gasteiger partial charge in [-0.15, -0.1) is 0 Å². The highest BCUT2D eigenvalue weighted by Gasteiger charge is 2.44. The molecule has 2 rings (SSSR count). The predicted molar refractivity (Wildman–Crippen MR) is 53.9 cm³/mol. The van der Waals surface area contributed by atoms with Gasteiger partial charge in [0.15, 0.2) is 0 Å². The Labute approximate surface area is 85.5 Å². The fourth-order valence-corrected chi connectivity index (χ4v) is 2.78. The molecule has 3 unspecified atom stereocenters. The summed E-state index contributed by atoms with van der Waals surface area (Å²) in [4.78, 5) is 8.01. The van der Waals surface area contributed by atoms with Crippen LogP contribution in [0.25, 0.3) is 0 Å². The number of piperidine rings is 1. The van der Waals surface area contributed by atoms with Gasteiger partial charge >= 0.3 is 0 Å². The zero-order valence-corrected chi connectivity index (χ0v) is 9.03. The maximum Gasteiger partial charge on any atom is 0.0845 e. The van der Waals surface area contributed by atoms with Crippen molar-refractivity contribution in [3.8, 4) is 0 Å². The quantitative estimate of drug-likeness (QED) is 0.645. The molecule has 82 valence electrons. The van der Waals surface area contributed by atoms with Crippen molar-refractivity contribution in [2.75, 3.05) is 33.9 Å². The molecule has 4 heteroatoms.